The number of para-hydroxylation sites is 1. The number of aryl methyl sites for hydroxylation is 1. The van der Waals surface area contributed by atoms with Gasteiger partial charge in [-0.15, -0.1) is 0 Å². The van der Waals surface area contributed by atoms with E-state index in [-0.39, 0.29) is 23.6 Å². The second-order valence-corrected chi connectivity index (χ2v) is 10.1. The fraction of sp³-hybridized carbons (Fsp3) is 0.206. The summed E-state index contributed by atoms with van der Waals surface area (Å²) in [6.07, 6.45) is 1.81. The van der Waals surface area contributed by atoms with Crippen molar-refractivity contribution in [3.63, 3.8) is 0 Å². The van der Waals surface area contributed by atoms with Gasteiger partial charge in [-0.1, -0.05) is 90.5 Å². The molecule has 6 nitrogen and oxygen atoms in total. The number of carbonyl (C=O) groups is 2. The molecule has 2 amide bonds. The van der Waals surface area contributed by atoms with Crippen molar-refractivity contribution in [2.24, 2.45) is 0 Å². The Labute approximate surface area is 233 Å². The summed E-state index contributed by atoms with van der Waals surface area (Å²) in [7, 11) is 0. The van der Waals surface area contributed by atoms with E-state index in [0.717, 1.165) is 18.9 Å². The Morgan fingerprint density at radius 3 is 2.27 bits per heavy atom. The number of hydrogen-bond donors (Lipinski definition) is 1. The summed E-state index contributed by atoms with van der Waals surface area (Å²) in [4.78, 5) is 38.7. The Morgan fingerprint density at radius 1 is 0.825 bits per heavy atom. The van der Waals surface area contributed by atoms with Crippen LogP contribution in [-0.2, 0) is 4.79 Å². The van der Waals surface area contributed by atoms with Crippen molar-refractivity contribution in [3.8, 4) is 0 Å². The zero-order valence-electron chi connectivity index (χ0n) is 22.5. The van der Waals surface area contributed by atoms with Crippen LogP contribution in [0.4, 0.5) is 0 Å². The van der Waals surface area contributed by atoms with E-state index < -0.39 is 5.91 Å². The summed E-state index contributed by atoms with van der Waals surface area (Å²) in [5.74, 6) is -0.334. The molecule has 2 heterocycles. The molecule has 40 heavy (non-hydrogen) atoms. The second kappa shape index (κ2) is 12.4. The van der Waals surface area contributed by atoms with Crippen LogP contribution in [0.15, 0.2) is 112 Å². The molecule has 1 N–H and O–H groups in total. The average Bonchev–Trinajstić information content (AvgIpc) is 3.00. The summed E-state index contributed by atoms with van der Waals surface area (Å²) < 4.78 is 5.51. The van der Waals surface area contributed by atoms with Crippen LogP contribution in [0.2, 0.25) is 0 Å². The minimum absolute atomic E-state index is 0.0933. The van der Waals surface area contributed by atoms with Gasteiger partial charge in [0, 0.05) is 19.2 Å². The van der Waals surface area contributed by atoms with Gasteiger partial charge in [0.05, 0.1) is 11.9 Å². The maximum absolute atomic E-state index is 12.5. The normalized spacial score (nSPS) is 13.5. The molecule has 0 aliphatic carbocycles. The van der Waals surface area contributed by atoms with Gasteiger partial charge in [-0.25, -0.2) is 0 Å². The lowest BCUT2D eigenvalue weighted by atomic mass is 9.89. The zero-order chi connectivity index (χ0) is 27.9. The number of nitrogens with zero attached hydrogens (tertiary/aromatic N) is 1. The quantitative estimate of drug-likeness (QED) is 0.304. The summed E-state index contributed by atoms with van der Waals surface area (Å²) >= 11 is 0. The van der Waals surface area contributed by atoms with E-state index in [1.54, 1.807) is 29.2 Å². The van der Waals surface area contributed by atoms with Gasteiger partial charge in [0.2, 0.25) is 5.91 Å². The third-order valence-electron chi connectivity index (χ3n) is 7.28. The van der Waals surface area contributed by atoms with Gasteiger partial charge in [-0.05, 0) is 54.2 Å². The molecule has 0 radical (unpaired) electrons. The molecule has 0 saturated carbocycles. The number of benzene rings is 4. The van der Waals surface area contributed by atoms with Crippen LogP contribution in [0.25, 0.3) is 21.7 Å². The molecular weight excluding hydrogens is 500 g/mol. The summed E-state index contributed by atoms with van der Waals surface area (Å²) in [6, 6.07) is 33.1. The summed E-state index contributed by atoms with van der Waals surface area (Å²) in [5, 5.41) is 5.63. The lowest BCUT2D eigenvalue weighted by Crippen LogP contribution is -2.43. The molecule has 0 bridgehead atoms. The van der Waals surface area contributed by atoms with Crippen molar-refractivity contribution in [3.05, 3.63) is 130 Å². The molecule has 1 aliphatic heterocycles. The van der Waals surface area contributed by atoms with Crippen LogP contribution in [-0.4, -0.2) is 36.3 Å². The first-order valence-corrected chi connectivity index (χ1v) is 13.6. The van der Waals surface area contributed by atoms with Crippen molar-refractivity contribution < 1.29 is 14.0 Å². The molecule has 6 rings (SSSR count). The van der Waals surface area contributed by atoms with Gasteiger partial charge in [0.15, 0.2) is 11.2 Å². The number of fused-ring (bicyclic) bond motifs is 2. The highest BCUT2D eigenvalue weighted by Crippen LogP contribution is 2.27. The van der Waals surface area contributed by atoms with E-state index >= 15 is 0 Å². The topological polar surface area (TPSA) is 79.6 Å². The SMILES string of the molecule is Cc1ccc2ccccc2c1.O=C(NCC(=O)N1CCC(c2ccccc2)CC1)c1cc(=O)c2ccccc2o1. The predicted molar refractivity (Wildman–Crippen MR) is 158 cm³/mol. The molecule has 0 unspecified atom stereocenters. The van der Waals surface area contributed by atoms with Crippen LogP contribution >= 0.6 is 0 Å². The van der Waals surface area contributed by atoms with Crippen LogP contribution in [0.1, 0.15) is 40.4 Å². The minimum atomic E-state index is -0.569. The number of rotatable bonds is 4. The Balaban J connectivity index is 0.000000244. The highest BCUT2D eigenvalue weighted by molar-refractivity contribution is 5.95. The number of likely N-dealkylation sites (tertiary alicyclic amines) is 1. The van der Waals surface area contributed by atoms with Gasteiger partial charge in [-0.2, -0.15) is 0 Å². The Morgan fingerprint density at radius 2 is 1.50 bits per heavy atom. The Kier molecular flexibility index (Phi) is 8.35. The van der Waals surface area contributed by atoms with E-state index in [9.17, 15) is 14.4 Å². The van der Waals surface area contributed by atoms with E-state index in [1.165, 1.54) is 21.9 Å². The minimum Gasteiger partial charge on any atom is -0.451 e. The maximum Gasteiger partial charge on any atom is 0.287 e. The maximum atomic E-state index is 12.5. The predicted octanol–water partition coefficient (Wildman–Crippen LogP) is 6.08. The molecule has 6 heteroatoms. The zero-order valence-corrected chi connectivity index (χ0v) is 22.5. The Hall–Kier alpha value is -4.71. The van der Waals surface area contributed by atoms with Gasteiger partial charge in [0.1, 0.15) is 5.58 Å². The van der Waals surface area contributed by atoms with Crippen molar-refractivity contribution in [2.75, 3.05) is 19.6 Å². The molecule has 0 atom stereocenters. The molecule has 0 spiro atoms. The Bertz CT molecular complexity index is 1690. The van der Waals surface area contributed by atoms with Crippen molar-refractivity contribution >= 4 is 33.6 Å². The number of carbonyl (C=O) groups excluding carboxylic acids is 2. The molecule has 1 saturated heterocycles. The molecule has 1 fully saturated rings. The molecule has 4 aromatic carbocycles. The molecular formula is C34H32N2O4. The van der Waals surface area contributed by atoms with E-state index in [2.05, 4.69) is 66.8 Å². The first kappa shape index (κ1) is 26.9. The lowest BCUT2D eigenvalue weighted by Gasteiger charge is -2.32. The fourth-order valence-electron chi connectivity index (χ4n) is 5.07. The third-order valence-corrected chi connectivity index (χ3v) is 7.28. The molecule has 5 aromatic rings. The van der Waals surface area contributed by atoms with Crippen LogP contribution < -0.4 is 10.7 Å². The lowest BCUT2D eigenvalue weighted by molar-refractivity contribution is -0.131. The highest BCUT2D eigenvalue weighted by Gasteiger charge is 2.24. The standard InChI is InChI=1S/C23H22N2O4.C11H10/c26-19-14-21(29-20-9-5-4-8-18(19)20)23(28)24-15-22(27)25-12-10-17(11-13-25)16-6-2-1-3-7-16;1-9-6-7-10-4-2-3-5-11(10)8-9/h1-9,14,17H,10-13,15H2,(H,24,28);2-8H,1H3. The van der Waals surface area contributed by atoms with Crippen LogP contribution in [0.5, 0.6) is 0 Å². The van der Waals surface area contributed by atoms with Crippen molar-refractivity contribution in [1.29, 1.82) is 0 Å². The first-order chi connectivity index (χ1) is 19.5. The summed E-state index contributed by atoms with van der Waals surface area (Å²) in [5.41, 5.74) is 2.69. The number of nitrogens with one attached hydrogen (secondary N) is 1. The van der Waals surface area contributed by atoms with Gasteiger partial charge < -0.3 is 14.6 Å². The molecule has 1 aliphatic rings. The van der Waals surface area contributed by atoms with Gasteiger partial charge in [-0.3, -0.25) is 14.4 Å². The van der Waals surface area contributed by atoms with Gasteiger partial charge in [0.25, 0.3) is 5.91 Å². The average molecular weight is 533 g/mol. The third kappa shape index (κ3) is 6.46. The molecule has 202 valence electrons. The molecule has 1 aromatic heterocycles. The van der Waals surface area contributed by atoms with E-state index in [1.807, 2.05) is 18.2 Å². The fourth-order valence-corrected chi connectivity index (χ4v) is 5.07. The smallest absolute Gasteiger partial charge is 0.287 e. The monoisotopic (exact) mass is 532 g/mol. The number of hydrogen-bond acceptors (Lipinski definition) is 4. The number of piperidine rings is 1. The van der Waals surface area contributed by atoms with E-state index in [0.29, 0.717) is 30.0 Å². The second-order valence-electron chi connectivity index (χ2n) is 10.1. The number of amides is 2. The van der Waals surface area contributed by atoms with Crippen molar-refractivity contribution in [1.82, 2.24) is 10.2 Å². The largest absolute Gasteiger partial charge is 0.451 e. The first-order valence-electron chi connectivity index (χ1n) is 13.6. The van der Waals surface area contributed by atoms with Crippen molar-refractivity contribution in [2.45, 2.75) is 25.7 Å². The highest BCUT2D eigenvalue weighted by atomic mass is 16.3. The van der Waals surface area contributed by atoms with Crippen LogP contribution in [0, 0.1) is 6.92 Å². The van der Waals surface area contributed by atoms with E-state index in [4.69, 9.17) is 4.42 Å². The summed E-state index contributed by atoms with van der Waals surface area (Å²) in [6.45, 7) is 3.33. The van der Waals surface area contributed by atoms with Gasteiger partial charge >= 0.3 is 0 Å². The van der Waals surface area contributed by atoms with Crippen LogP contribution in [0.3, 0.4) is 0 Å².